The summed E-state index contributed by atoms with van der Waals surface area (Å²) in [5.74, 6) is 1.52. The van der Waals surface area contributed by atoms with Crippen LogP contribution < -0.4 is 10.6 Å². The summed E-state index contributed by atoms with van der Waals surface area (Å²) < 4.78 is 1.95. The first-order valence-corrected chi connectivity index (χ1v) is 9.38. The van der Waals surface area contributed by atoms with Gasteiger partial charge in [-0.2, -0.15) is 0 Å². The number of nitrogens with one attached hydrogen (secondary N) is 2. The zero-order chi connectivity index (χ0) is 18.4. The third-order valence-electron chi connectivity index (χ3n) is 3.86. The van der Waals surface area contributed by atoms with E-state index >= 15 is 0 Å². The SMILES string of the molecule is CCNC(=NCc1nncn1-c1ccccc1)NCc1nc(C)c(C)s1. The normalized spacial score (nSPS) is 11.6. The minimum absolute atomic E-state index is 0.431. The first-order chi connectivity index (χ1) is 12.7. The monoisotopic (exact) mass is 369 g/mol. The molecular weight excluding hydrogens is 346 g/mol. The van der Waals surface area contributed by atoms with Gasteiger partial charge < -0.3 is 10.6 Å². The summed E-state index contributed by atoms with van der Waals surface area (Å²) in [6.45, 7) is 8.03. The molecule has 0 spiro atoms. The summed E-state index contributed by atoms with van der Waals surface area (Å²) in [7, 11) is 0. The molecule has 0 radical (unpaired) electrons. The van der Waals surface area contributed by atoms with E-state index in [1.54, 1.807) is 17.7 Å². The standard InChI is InChI=1S/C18H23N7S/c1-4-19-18(21-11-17-23-13(2)14(3)26-17)20-10-16-24-22-12-25(16)15-8-6-5-7-9-15/h5-9,12H,4,10-11H2,1-3H3,(H2,19,20,21). The molecule has 2 N–H and O–H groups in total. The predicted molar refractivity (Wildman–Crippen MR) is 105 cm³/mol. The molecule has 0 aliphatic heterocycles. The van der Waals surface area contributed by atoms with Crippen LogP contribution in [0.2, 0.25) is 0 Å². The molecule has 0 unspecified atom stereocenters. The Morgan fingerprint density at radius 1 is 1.19 bits per heavy atom. The Hall–Kier alpha value is -2.74. The molecule has 0 saturated heterocycles. The number of benzene rings is 1. The van der Waals surface area contributed by atoms with Gasteiger partial charge in [-0.1, -0.05) is 18.2 Å². The molecule has 26 heavy (non-hydrogen) atoms. The van der Waals surface area contributed by atoms with Crippen molar-refractivity contribution in [1.82, 2.24) is 30.4 Å². The lowest BCUT2D eigenvalue weighted by Gasteiger charge is -2.10. The zero-order valence-corrected chi connectivity index (χ0v) is 16.0. The summed E-state index contributed by atoms with van der Waals surface area (Å²) in [5, 5.41) is 15.9. The van der Waals surface area contributed by atoms with Crippen molar-refractivity contribution in [3.8, 4) is 5.69 Å². The van der Waals surface area contributed by atoms with E-state index in [-0.39, 0.29) is 0 Å². The number of guanidine groups is 1. The van der Waals surface area contributed by atoms with Crippen molar-refractivity contribution < 1.29 is 0 Å². The summed E-state index contributed by atoms with van der Waals surface area (Å²) in [6.07, 6.45) is 1.71. The average Bonchev–Trinajstić information content (AvgIpc) is 3.25. The van der Waals surface area contributed by atoms with Crippen LogP contribution in [0.1, 0.15) is 28.3 Å². The molecule has 1 aromatic carbocycles. The second-order valence-electron chi connectivity index (χ2n) is 5.75. The number of rotatable bonds is 6. The van der Waals surface area contributed by atoms with E-state index in [0.29, 0.717) is 13.1 Å². The molecular formula is C18H23N7S. The Kier molecular flexibility index (Phi) is 5.96. The Bertz CT molecular complexity index is 847. The molecule has 136 valence electrons. The van der Waals surface area contributed by atoms with Gasteiger partial charge in [0.25, 0.3) is 0 Å². The number of thiazole rings is 1. The van der Waals surface area contributed by atoms with Gasteiger partial charge in [0, 0.05) is 17.1 Å². The Morgan fingerprint density at radius 2 is 2.00 bits per heavy atom. The second kappa shape index (κ2) is 8.57. The Morgan fingerprint density at radius 3 is 2.69 bits per heavy atom. The van der Waals surface area contributed by atoms with E-state index in [1.807, 2.05) is 48.7 Å². The minimum atomic E-state index is 0.431. The van der Waals surface area contributed by atoms with Gasteiger partial charge in [-0.3, -0.25) is 4.57 Å². The number of hydrogen-bond acceptors (Lipinski definition) is 5. The minimum Gasteiger partial charge on any atom is -0.357 e. The topological polar surface area (TPSA) is 80.0 Å². The van der Waals surface area contributed by atoms with Gasteiger partial charge in [0.05, 0.1) is 12.2 Å². The number of hydrogen-bond donors (Lipinski definition) is 2. The second-order valence-corrected chi connectivity index (χ2v) is 7.04. The highest BCUT2D eigenvalue weighted by Gasteiger charge is 2.08. The third kappa shape index (κ3) is 4.45. The predicted octanol–water partition coefficient (Wildman–Crippen LogP) is 2.60. The van der Waals surface area contributed by atoms with Crippen LogP contribution in [-0.4, -0.2) is 32.3 Å². The van der Waals surface area contributed by atoms with Crippen LogP contribution in [0.15, 0.2) is 41.7 Å². The smallest absolute Gasteiger partial charge is 0.192 e. The van der Waals surface area contributed by atoms with E-state index in [2.05, 4.69) is 37.7 Å². The molecule has 0 saturated carbocycles. The van der Waals surface area contributed by atoms with Crippen molar-refractivity contribution in [1.29, 1.82) is 0 Å². The first kappa shape index (κ1) is 18.1. The van der Waals surface area contributed by atoms with E-state index in [9.17, 15) is 0 Å². The molecule has 7 nitrogen and oxygen atoms in total. The number of nitrogens with zero attached hydrogens (tertiary/aromatic N) is 5. The summed E-state index contributed by atoms with van der Waals surface area (Å²) in [5.41, 5.74) is 2.11. The van der Waals surface area contributed by atoms with Gasteiger partial charge >= 0.3 is 0 Å². The van der Waals surface area contributed by atoms with Crippen LogP contribution in [0.3, 0.4) is 0 Å². The highest BCUT2D eigenvalue weighted by molar-refractivity contribution is 7.11. The van der Waals surface area contributed by atoms with Crippen molar-refractivity contribution in [3.05, 3.63) is 58.1 Å². The Balaban J connectivity index is 1.69. The fourth-order valence-corrected chi connectivity index (χ4v) is 3.31. The fraction of sp³-hybridized carbons (Fsp3) is 0.333. The van der Waals surface area contributed by atoms with Crippen LogP contribution in [-0.2, 0) is 13.1 Å². The van der Waals surface area contributed by atoms with Gasteiger partial charge in [0.1, 0.15) is 17.9 Å². The molecule has 0 bridgehead atoms. The molecule has 3 rings (SSSR count). The lowest BCUT2D eigenvalue weighted by molar-refractivity contribution is 0.790. The van der Waals surface area contributed by atoms with Crippen LogP contribution >= 0.6 is 11.3 Å². The van der Waals surface area contributed by atoms with E-state index in [1.165, 1.54) is 4.88 Å². The van der Waals surface area contributed by atoms with Crippen LogP contribution in [0.4, 0.5) is 0 Å². The third-order valence-corrected chi connectivity index (χ3v) is 4.93. The van der Waals surface area contributed by atoms with Crippen molar-refractivity contribution >= 4 is 17.3 Å². The molecule has 3 aromatic rings. The number of aromatic nitrogens is 4. The van der Waals surface area contributed by atoms with Crippen molar-refractivity contribution in [2.24, 2.45) is 4.99 Å². The maximum absolute atomic E-state index is 4.63. The highest BCUT2D eigenvalue weighted by Crippen LogP contribution is 2.16. The first-order valence-electron chi connectivity index (χ1n) is 8.56. The van der Waals surface area contributed by atoms with Gasteiger partial charge in [-0.15, -0.1) is 21.5 Å². The van der Waals surface area contributed by atoms with Gasteiger partial charge in [0.2, 0.25) is 0 Å². The van der Waals surface area contributed by atoms with Crippen molar-refractivity contribution in [2.75, 3.05) is 6.54 Å². The number of aliphatic imine (C=N–C) groups is 1. The van der Waals surface area contributed by atoms with Gasteiger partial charge in [-0.25, -0.2) is 9.98 Å². The van der Waals surface area contributed by atoms with Crippen molar-refractivity contribution in [2.45, 2.75) is 33.9 Å². The zero-order valence-electron chi connectivity index (χ0n) is 15.2. The summed E-state index contributed by atoms with van der Waals surface area (Å²) >= 11 is 1.71. The number of aryl methyl sites for hydroxylation is 2. The largest absolute Gasteiger partial charge is 0.357 e. The van der Waals surface area contributed by atoms with E-state index in [0.717, 1.165) is 34.7 Å². The molecule has 0 amide bonds. The Labute approximate surface area is 157 Å². The molecule has 2 heterocycles. The van der Waals surface area contributed by atoms with Gasteiger partial charge in [-0.05, 0) is 32.9 Å². The molecule has 2 aromatic heterocycles. The molecule has 0 aliphatic carbocycles. The number of para-hydroxylation sites is 1. The molecule has 0 fully saturated rings. The van der Waals surface area contributed by atoms with Gasteiger partial charge in [0.15, 0.2) is 11.8 Å². The summed E-state index contributed by atoms with van der Waals surface area (Å²) in [6, 6.07) is 10.0. The van der Waals surface area contributed by atoms with Crippen LogP contribution in [0, 0.1) is 13.8 Å². The van der Waals surface area contributed by atoms with E-state index in [4.69, 9.17) is 0 Å². The van der Waals surface area contributed by atoms with Crippen LogP contribution in [0.5, 0.6) is 0 Å². The highest BCUT2D eigenvalue weighted by atomic mass is 32.1. The average molecular weight is 369 g/mol. The maximum atomic E-state index is 4.63. The molecule has 0 atom stereocenters. The van der Waals surface area contributed by atoms with Crippen molar-refractivity contribution in [3.63, 3.8) is 0 Å². The van der Waals surface area contributed by atoms with Crippen LogP contribution in [0.25, 0.3) is 5.69 Å². The quantitative estimate of drug-likeness (QED) is 0.516. The molecule has 0 aliphatic rings. The lowest BCUT2D eigenvalue weighted by atomic mass is 10.3. The van der Waals surface area contributed by atoms with E-state index < -0.39 is 0 Å². The maximum Gasteiger partial charge on any atom is 0.192 e. The molecule has 8 heteroatoms. The fourth-order valence-electron chi connectivity index (χ4n) is 2.44. The summed E-state index contributed by atoms with van der Waals surface area (Å²) in [4.78, 5) is 10.4. The lowest BCUT2D eigenvalue weighted by Crippen LogP contribution is -2.36.